The van der Waals surface area contributed by atoms with Crippen LogP contribution < -0.4 is 14.8 Å². The first-order valence-electron chi connectivity index (χ1n) is 14.6. The highest BCUT2D eigenvalue weighted by Crippen LogP contribution is 2.42. The summed E-state index contributed by atoms with van der Waals surface area (Å²) in [6.07, 6.45) is 1.61. The van der Waals surface area contributed by atoms with Gasteiger partial charge in [0.1, 0.15) is 22.9 Å². The van der Waals surface area contributed by atoms with Gasteiger partial charge in [-0.05, 0) is 59.9 Å². The number of sulfone groups is 1. The Morgan fingerprint density at radius 3 is 2.19 bits per heavy atom. The van der Waals surface area contributed by atoms with Crippen molar-refractivity contribution >= 4 is 24.1 Å². The Labute approximate surface area is 256 Å². The van der Waals surface area contributed by atoms with Gasteiger partial charge in [-0.2, -0.15) is 0 Å². The highest BCUT2D eigenvalue weighted by atomic mass is 32.2. The number of aliphatic hydroxyl groups excluding tert-OH is 1. The molecule has 0 saturated heterocycles. The first-order valence-corrected chi connectivity index (χ1v) is 18.6. The van der Waals surface area contributed by atoms with E-state index in [-0.39, 0.29) is 24.1 Å². The van der Waals surface area contributed by atoms with Gasteiger partial charge in [0, 0.05) is 30.1 Å². The second-order valence-electron chi connectivity index (χ2n) is 11.6. The van der Waals surface area contributed by atoms with Crippen LogP contribution in [0.15, 0.2) is 53.7 Å². The van der Waals surface area contributed by atoms with E-state index in [0.29, 0.717) is 57.4 Å². The normalized spacial score (nSPS) is 13.0. The number of ether oxygens (including phenoxy) is 2. The highest BCUT2D eigenvalue weighted by Gasteiger charge is 2.45. The number of aromatic nitrogens is 2. The molecule has 0 aliphatic rings. The average Bonchev–Trinajstić information content (AvgIpc) is 3.42. The Kier molecular flexibility index (Phi) is 11.6. The van der Waals surface area contributed by atoms with Crippen LogP contribution in [0.3, 0.4) is 0 Å². The van der Waals surface area contributed by atoms with E-state index in [0.717, 1.165) is 6.26 Å². The van der Waals surface area contributed by atoms with Crippen molar-refractivity contribution < 1.29 is 32.2 Å². The predicted octanol–water partition coefficient (Wildman–Crippen LogP) is 5.95. The van der Waals surface area contributed by atoms with Crippen LogP contribution in [-0.4, -0.2) is 69.8 Å². The van der Waals surface area contributed by atoms with Crippen molar-refractivity contribution in [3.8, 4) is 28.5 Å². The number of aliphatic hydroxyl groups is 1. The summed E-state index contributed by atoms with van der Waals surface area (Å²) in [5.74, 6) is 1.02. The third-order valence-corrected chi connectivity index (χ3v) is 14.6. The molecule has 2 aromatic heterocycles. The quantitative estimate of drug-likeness (QED) is 0.175. The number of nitrogens with zero attached hydrogens (tertiary/aromatic N) is 1. The number of pyridine rings is 1. The summed E-state index contributed by atoms with van der Waals surface area (Å²) in [5.41, 5.74) is 2.91. The van der Waals surface area contributed by atoms with Crippen LogP contribution in [0.1, 0.15) is 59.0 Å². The molecule has 10 nitrogen and oxygen atoms in total. The second kappa shape index (κ2) is 14.5. The van der Waals surface area contributed by atoms with Gasteiger partial charge in [0.05, 0.1) is 25.5 Å². The van der Waals surface area contributed by atoms with Crippen LogP contribution in [0.25, 0.3) is 11.3 Å². The minimum Gasteiger partial charge on any atom is -0.494 e. The molecule has 0 saturated carbocycles. The fourth-order valence-electron chi connectivity index (χ4n) is 5.62. The summed E-state index contributed by atoms with van der Waals surface area (Å²) < 4.78 is 41.5. The molecule has 43 heavy (non-hydrogen) atoms. The third kappa shape index (κ3) is 8.68. The van der Waals surface area contributed by atoms with Crippen molar-refractivity contribution in [2.24, 2.45) is 0 Å². The number of nitrogens with one attached hydrogen (secondary N) is 2. The summed E-state index contributed by atoms with van der Waals surface area (Å²) in [6, 6.07) is 11.7. The van der Waals surface area contributed by atoms with Gasteiger partial charge in [-0.3, -0.25) is 4.79 Å². The predicted molar refractivity (Wildman–Crippen MR) is 170 cm³/mol. The van der Waals surface area contributed by atoms with Gasteiger partial charge in [0.25, 0.3) is 5.91 Å². The van der Waals surface area contributed by atoms with Gasteiger partial charge >= 0.3 is 0 Å². The van der Waals surface area contributed by atoms with Crippen molar-refractivity contribution in [1.29, 1.82) is 0 Å². The van der Waals surface area contributed by atoms with Crippen LogP contribution in [0, 0.1) is 0 Å². The van der Waals surface area contributed by atoms with E-state index in [9.17, 15) is 18.3 Å². The van der Waals surface area contributed by atoms with Crippen molar-refractivity contribution in [3.05, 3.63) is 54.4 Å². The van der Waals surface area contributed by atoms with E-state index in [1.807, 2.05) is 13.0 Å². The highest BCUT2D eigenvalue weighted by molar-refractivity contribution is 7.90. The topological polar surface area (TPSA) is 140 Å². The number of carbonyl (C=O) groups excluding carboxylic acids is 1. The molecule has 1 amide bonds. The lowest BCUT2D eigenvalue weighted by Crippen LogP contribution is -2.50. The van der Waals surface area contributed by atoms with Gasteiger partial charge < -0.3 is 29.3 Å². The summed E-state index contributed by atoms with van der Waals surface area (Å²) in [4.78, 5) is 20.0. The lowest BCUT2D eigenvalue weighted by atomic mass is 10.1. The van der Waals surface area contributed by atoms with Gasteiger partial charge in [0.2, 0.25) is 0 Å². The van der Waals surface area contributed by atoms with E-state index in [1.165, 1.54) is 18.3 Å². The molecule has 3 aromatic rings. The van der Waals surface area contributed by atoms with Gasteiger partial charge in [-0.25, -0.2) is 13.4 Å². The minimum atomic E-state index is -3.42. The standard InChI is InChI=1S/C31H45N3O7SSi/c1-9-39-26-14-23(15-27(16-26)41-25-10-13-30(32-18-25)42(8,37)38)28-11-12-29(34-28)31(36)33-17-24(35)19-40-43(20(2)3,21(4)5)22(6)7/h10-16,18,20-22,24,34-35H,9,17,19H2,1-8H3,(H,33,36)/t24-/m0/s1. The molecule has 0 unspecified atom stereocenters. The molecule has 236 valence electrons. The lowest BCUT2D eigenvalue weighted by molar-refractivity contribution is 0.0809. The van der Waals surface area contributed by atoms with E-state index >= 15 is 0 Å². The number of carbonyl (C=O) groups is 1. The smallest absolute Gasteiger partial charge is 0.267 e. The molecular formula is C31H45N3O7SSi. The lowest BCUT2D eigenvalue weighted by Gasteiger charge is -2.42. The van der Waals surface area contributed by atoms with Gasteiger partial charge in [-0.15, -0.1) is 0 Å². The Balaban J connectivity index is 1.69. The molecule has 2 heterocycles. The number of H-pyrrole nitrogens is 1. The molecule has 0 aliphatic carbocycles. The molecule has 0 aliphatic heterocycles. The largest absolute Gasteiger partial charge is 0.494 e. The number of benzene rings is 1. The zero-order valence-electron chi connectivity index (χ0n) is 26.3. The Morgan fingerprint density at radius 1 is 0.977 bits per heavy atom. The average molecular weight is 632 g/mol. The van der Waals surface area contributed by atoms with Crippen LogP contribution in [0.2, 0.25) is 16.6 Å². The zero-order valence-corrected chi connectivity index (χ0v) is 28.1. The van der Waals surface area contributed by atoms with Crippen LogP contribution in [0.5, 0.6) is 17.2 Å². The van der Waals surface area contributed by atoms with E-state index in [4.69, 9.17) is 13.9 Å². The van der Waals surface area contributed by atoms with Crippen LogP contribution in [0.4, 0.5) is 0 Å². The fraction of sp³-hybridized carbons (Fsp3) is 0.484. The van der Waals surface area contributed by atoms with Crippen molar-refractivity contribution in [2.45, 2.75) is 76.2 Å². The SMILES string of the molecule is CCOc1cc(Oc2ccc(S(C)(=O)=O)nc2)cc(-c2ccc(C(=O)NC[C@H](O)CO[Si](C(C)C)(C(C)C)C(C)C)[nH]2)c1. The Hall–Kier alpha value is -3.19. The minimum absolute atomic E-state index is 0.0440. The summed E-state index contributed by atoms with van der Waals surface area (Å²) in [7, 11) is -5.55. The first kappa shape index (κ1) is 34.3. The summed E-state index contributed by atoms with van der Waals surface area (Å²) in [5, 5.41) is 13.4. The maximum atomic E-state index is 12.9. The Morgan fingerprint density at radius 2 is 1.63 bits per heavy atom. The van der Waals surface area contributed by atoms with Crippen molar-refractivity contribution in [2.75, 3.05) is 26.0 Å². The molecule has 0 bridgehead atoms. The summed E-state index contributed by atoms with van der Waals surface area (Å²) in [6.45, 7) is 15.7. The number of aromatic amines is 1. The molecule has 1 atom stereocenters. The number of rotatable bonds is 15. The van der Waals surface area contributed by atoms with Gasteiger partial charge in [-0.1, -0.05) is 41.5 Å². The maximum absolute atomic E-state index is 12.9. The van der Waals surface area contributed by atoms with Gasteiger partial charge in [0.15, 0.2) is 23.2 Å². The molecule has 3 rings (SSSR count). The molecule has 3 N–H and O–H groups in total. The molecular weight excluding hydrogens is 587 g/mol. The van der Waals surface area contributed by atoms with E-state index < -0.39 is 24.3 Å². The number of amides is 1. The molecule has 12 heteroatoms. The maximum Gasteiger partial charge on any atom is 0.267 e. The molecule has 0 fully saturated rings. The zero-order chi connectivity index (χ0) is 31.9. The first-order chi connectivity index (χ1) is 20.2. The van der Waals surface area contributed by atoms with Crippen LogP contribution in [-0.2, 0) is 14.3 Å². The third-order valence-electron chi connectivity index (χ3n) is 7.49. The number of hydrogen-bond donors (Lipinski definition) is 3. The van der Waals surface area contributed by atoms with E-state index in [1.54, 1.807) is 24.3 Å². The fourth-order valence-corrected chi connectivity index (χ4v) is 11.7. The second-order valence-corrected chi connectivity index (χ2v) is 19.0. The monoisotopic (exact) mass is 631 g/mol. The van der Waals surface area contributed by atoms with Crippen molar-refractivity contribution in [3.63, 3.8) is 0 Å². The molecule has 0 spiro atoms. The number of hydrogen-bond acceptors (Lipinski definition) is 8. The van der Waals surface area contributed by atoms with Crippen molar-refractivity contribution in [1.82, 2.24) is 15.3 Å². The molecule has 1 aromatic carbocycles. The van der Waals surface area contributed by atoms with E-state index in [2.05, 4.69) is 56.8 Å². The summed E-state index contributed by atoms with van der Waals surface area (Å²) >= 11 is 0. The molecule has 0 radical (unpaired) electrons. The van der Waals surface area contributed by atoms with Crippen LogP contribution >= 0.6 is 0 Å². The Bertz CT molecular complexity index is 1450.